The van der Waals surface area contributed by atoms with Crippen molar-refractivity contribution >= 4 is 28.2 Å². The van der Waals surface area contributed by atoms with Crippen LogP contribution in [0, 0.1) is 0 Å². The third kappa shape index (κ3) is 4.35. The molecule has 1 atom stereocenters. The maximum atomic E-state index is 13.2. The molecule has 2 heterocycles. The Kier molecular flexibility index (Phi) is 5.85. The van der Waals surface area contributed by atoms with Crippen molar-refractivity contribution in [1.82, 2.24) is 9.78 Å². The second-order valence-electron chi connectivity index (χ2n) is 7.97. The number of esters is 1. The van der Waals surface area contributed by atoms with Crippen molar-refractivity contribution in [1.29, 1.82) is 0 Å². The molecule has 0 radical (unpaired) electrons. The van der Waals surface area contributed by atoms with E-state index >= 15 is 0 Å². The fourth-order valence-electron chi connectivity index (χ4n) is 3.94. The molecule has 1 saturated carbocycles. The summed E-state index contributed by atoms with van der Waals surface area (Å²) in [6.07, 6.45) is 0.526. The van der Waals surface area contributed by atoms with Crippen molar-refractivity contribution < 1.29 is 27.5 Å². The molecule has 2 aliphatic rings. The normalized spacial score (nSPS) is 17.2. The topological polar surface area (TPSA) is 73.2 Å². The molecular formula is C21H24F3N3O3S. The molecule has 1 fully saturated rings. The Morgan fingerprint density at radius 3 is 2.68 bits per heavy atom. The first-order chi connectivity index (χ1) is 14.7. The molecular weight excluding hydrogens is 431 g/mol. The van der Waals surface area contributed by atoms with Crippen LogP contribution in [-0.2, 0) is 28.5 Å². The van der Waals surface area contributed by atoms with E-state index in [-0.39, 0.29) is 12.5 Å². The van der Waals surface area contributed by atoms with E-state index in [1.165, 1.54) is 22.9 Å². The number of hydrogen-bond donors (Lipinski definition) is 1. The van der Waals surface area contributed by atoms with Crippen LogP contribution in [0.5, 0.6) is 0 Å². The van der Waals surface area contributed by atoms with Gasteiger partial charge in [0.1, 0.15) is 11.0 Å². The minimum atomic E-state index is -4.57. The molecule has 1 unspecified atom stereocenters. The van der Waals surface area contributed by atoms with E-state index in [1.54, 1.807) is 6.92 Å². The second-order valence-corrected chi connectivity index (χ2v) is 9.08. The van der Waals surface area contributed by atoms with Gasteiger partial charge in [-0.1, -0.05) is 0 Å². The van der Waals surface area contributed by atoms with Crippen LogP contribution >= 0.6 is 11.3 Å². The summed E-state index contributed by atoms with van der Waals surface area (Å²) in [5.74, 6) is -1.01. The summed E-state index contributed by atoms with van der Waals surface area (Å²) in [6, 6.07) is 0.0795. The molecule has 4 rings (SSSR count). The van der Waals surface area contributed by atoms with Crippen molar-refractivity contribution in [2.75, 3.05) is 11.9 Å². The number of carbonyl (C=O) groups is 2. The quantitative estimate of drug-likeness (QED) is 0.616. The zero-order valence-corrected chi connectivity index (χ0v) is 18.2. The number of carbonyl (C=O) groups excluding carboxylic acids is 2. The number of thiophene rings is 1. The van der Waals surface area contributed by atoms with Gasteiger partial charge in [0.15, 0.2) is 5.69 Å². The van der Waals surface area contributed by atoms with Crippen molar-refractivity contribution in [3.05, 3.63) is 33.5 Å². The number of fused-ring (bicyclic) bond motifs is 1. The predicted octanol–water partition coefficient (Wildman–Crippen LogP) is 5.10. The number of alkyl halides is 3. The zero-order valence-electron chi connectivity index (χ0n) is 17.3. The van der Waals surface area contributed by atoms with Gasteiger partial charge in [0.25, 0.3) is 0 Å². The molecule has 10 heteroatoms. The first kappa shape index (κ1) is 21.9. The Hall–Kier alpha value is -2.36. The average Bonchev–Trinajstić information content (AvgIpc) is 3.34. The van der Waals surface area contributed by atoms with E-state index in [1.807, 2.05) is 0 Å². The SMILES string of the molecule is CCOC(=O)c1c(NC(=O)C(C)n2nc(C(F)(F)F)cc2C2CC2)sc2c1CCCC2. The minimum absolute atomic E-state index is 0.0111. The highest BCUT2D eigenvalue weighted by molar-refractivity contribution is 7.17. The Labute approximate surface area is 181 Å². The third-order valence-electron chi connectivity index (χ3n) is 5.68. The predicted molar refractivity (Wildman–Crippen MR) is 109 cm³/mol. The van der Waals surface area contributed by atoms with Gasteiger partial charge in [0.2, 0.25) is 5.91 Å². The van der Waals surface area contributed by atoms with E-state index in [0.717, 1.165) is 55.0 Å². The maximum absolute atomic E-state index is 13.2. The monoisotopic (exact) mass is 455 g/mol. The van der Waals surface area contributed by atoms with Crippen molar-refractivity contribution in [2.24, 2.45) is 0 Å². The zero-order chi connectivity index (χ0) is 22.3. The highest BCUT2D eigenvalue weighted by Crippen LogP contribution is 2.43. The Balaban J connectivity index is 1.62. The smallest absolute Gasteiger partial charge is 0.435 e. The molecule has 168 valence electrons. The van der Waals surface area contributed by atoms with Crippen LogP contribution in [0.25, 0.3) is 0 Å². The third-order valence-corrected chi connectivity index (χ3v) is 6.89. The van der Waals surface area contributed by atoms with Crippen LogP contribution in [0.4, 0.5) is 18.2 Å². The van der Waals surface area contributed by atoms with Crippen LogP contribution in [0.15, 0.2) is 6.07 Å². The fourth-order valence-corrected chi connectivity index (χ4v) is 5.22. The Morgan fingerprint density at radius 1 is 1.32 bits per heavy atom. The molecule has 0 saturated heterocycles. The van der Waals surface area contributed by atoms with Crippen LogP contribution in [0.3, 0.4) is 0 Å². The number of amides is 1. The van der Waals surface area contributed by atoms with Gasteiger partial charge < -0.3 is 10.1 Å². The summed E-state index contributed by atoms with van der Waals surface area (Å²) in [5.41, 5.74) is 0.717. The first-order valence-electron chi connectivity index (χ1n) is 10.5. The minimum Gasteiger partial charge on any atom is -0.462 e. The van der Waals surface area contributed by atoms with Gasteiger partial charge in [-0.15, -0.1) is 11.3 Å². The first-order valence-corrected chi connectivity index (χ1v) is 11.3. The van der Waals surface area contributed by atoms with E-state index < -0.39 is 29.8 Å². The Bertz CT molecular complexity index is 1010. The van der Waals surface area contributed by atoms with Gasteiger partial charge in [-0.3, -0.25) is 9.48 Å². The molecule has 2 aromatic rings. The Morgan fingerprint density at radius 2 is 2.03 bits per heavy atom. The van der Waals surface area contributed by atoms with E-state index in [9.17, 15) is 22.8 Å². The number of nitrogens with zero attached hydrogens (tertiary/aromatic N) is 2. The number of hydrogen-bond acceptors (Lipinski definition) is 5. The fraction of sp³-hybridized carbons (Fsp3) is 0.571. The number of anilines is 1. The highest BCUT2D eigenvalue weighted by Gasteiger charge is 2.39. The van der Waals surface area contributed by atoms with Gasteiger partial charge >= 0.3 is 12.1 Å². The number of aryl methyl sites for hydroxylation is 1. The lowest BCUT2D eigenvalue weighted by Gasteiger charge is -2.16. The summed E-state index contributed by atoms with van der Waals surface area (Å²) in [5, 5.41) is 6.88. The summed E-state index contributed by atoms with van der Waals surface area (Å²) >= 11 is 1.35. The van der Waals surface area contributed by atoms with Crippen molar-refractivity contribution in [2.45, 2.75) is 70.5 Å². The van der Waals surface area contributed by atoms with Crippen LogP contribution in [0.1, 0.15) is 83.7 Å². The lowest BCUT2D eigenvalue weighted by Crippen LogP contribution is -2.26. The molecule has 0 aliphatic heterocycles. The van der Waals surface area contributed by atoms with E-state index in [0.29, 0.717) is 16.3 Å². The number of ether oxygens (including phenoxy) is 1. The lowest BCUT2D eigenvalue weighted by molar-refractivity contribution is -0.141. The summed E-state index contributed by atoms with van der Waals surface area (Å²) in [6.45, 7) is 3.45. The van der Waals surface area contributed by atoms with Gasteiger partial charge in [-0.25, -0.2) is 4.79 Å². The van der Waals surface area contributed by atoms with Gasteiger partial charge in [-0.05, 0) is 64.0 Å². The van der Waals surface area contributed by atoms with E-state index in [2.05, 4.69) is 10.4 Å². The van der Waals surface area contributed by atoms with Gasteiger partial charge in [0, 0.05) is 16.5 Å². The van der Waals surface area contributed by atoms with Crippen LogP contribution < -0.4 is 5.32 Å². The van der Waals surface area contributed by atoms with Crippen molar-refractivity contribution in [3.8, 4) is 0 Å². The van der Waals surface area contributed by atoms with Gasteiger partial charge in [-0.2, -0.15) is 18.3 Å². The molecule has 31 heavy (non-hydrogen) atoms. The summed E-state index contributed by atoms with van der Waals surface area (Å²) < 4.78 is 46.0. The van der Waals surface area contributed by atoms with Crippen LogP contribution in [0.2, 0.25) is 0 Å². The molecule has 0 bridgehead atoms. The summed E-state index contributed by atoms with van der Waals surface area (Å²) in [4.78, 5) is 26.6. The number of aromatic nitrogens is 2. The van der Waals surface area contributed by atoms with Crippen molar-refractivity contribution in [3.63, 3.8) is 0 Å². The number of nitrogens with one attached hydrogen (secondary N) is 1. The average molecular weight is 456 g/mol. The maximum Gasteiger partial charge on any atom is 0.435 e. The molecule has 2 aliphatic carbocycles. The van der Waals surface area contributed by atoms with E-state index in [4.69, 9.17) is 4.74 Å². The lowest BCUT2D eigenvalue weighted by atomic mass is 9.95. The van der Waals surface area contributed by atoms with Crippen LogP contribution in [-0.4, -0.2) is 28.3 Å². The molecule has 6 nitrogen and oxygen atoms in total. The highest BCUT2D eigenvalue weighted by atomic mass is 32.1. The summed E-state index contributed by atoms with van der Waals surface area (Å²) in [7, 11) is 0. The largest absolute Gasteiger partial charge is 0.462 e. The molecule has 2 aromatic heterocycles. The molecule has 1 amide bonds. The second kappa shape index (κ2) is 8.29. The number of rotatable bonds is 6. The van der Waals surface area contributed by atoms with Gasteiger partial charge in [0.05, 0.1) is 12.2 Å². The standard InChI is InChI=1S/C21H24F3N3O3S/c1-3-30-20(29)17-13-6-4-5-7-15(13)31-19(17)25-18(28)11(2)27-14(12-8-9-12)10-16(26-27)21(22,23)24/h10-12H,3-9H2,1-2H3,(H,25,28). The molecule has 1 N–H and O–H groups in total. The number of halogens is 3. The molecule has 0 spiro atoms. The molecule has 0 aromatic carbocycles.